The highest BCUT2D eigenvalue weighted by atomic mass is 19.1. The van der Waals surface area contributed by atoms with Crippen molar-refractivity contribution in [1.29, 1.82) is 0 Å². The third-order valence-corrected chi connectivity index (χ3v) is 7.50. The van der Waals surface area contributed by atoms with Crippen molar-refractivity contribution in [1.82, 2.24) is 19.7 Å². The maximum Gasteiger partial charge on any atom is 0.141 e. The fourth-order valence-corrected chi connectivity index (χ4v) is 5.60. The Bertz CT molecular complexity index is 1730. The molecule has 196 valence electrons. The molecule has 0 radical (unpaired) electrons. The SMILES string of the molecule is [2H]C([2H])([2H])c1onc(C)c1-c1cnc2c3cnc(C(C)(C)O)cc3n([C@H](c3ccc(F)cc3)C3CCOCC3)c2c1. The molecule has 1 aliphatic rings. The Hall–Kier alpha value is -3.62. The van der Waals surface area contributed by atoms with Gasteiger partial charge in [0.25, 0.3) is 0 Å². The Balaban J connectivity index is 1.69. The number of hydrogen-bond acceptors (Lipinski definition) is 6. The number of aromatic nitrogens is 4. The fraction of sp³-hybridized carbons (Fsp3) is 0.367. The Morgan fingerprint density at radius 2 is 1.87 bits per heavy atom. The van der Waals surface area contributed by atoms with Crippen LogP contribution in [0.4, 0.5) is 4.39 Å². The standard InChI is InChI=1S/C30H31FN4O3/c1-17-27(18(2)38-34-17)21-13-25-28(33-15-21)23-16-32-26(30(3,4)36)14-24(23)35(25)29(20-9-11-37-12-10-20)19-5-7-22(31)8-6-19/h5-8,13-16,20,29,36H,9-12H2,1-4H3/t29-/m1/s1/i2D3. The second-order valence-corrected chi connectivity index (χ2v) is 10.5. The van der Waals surface area contributed by atoms with Crippen LogP contribution in [0.1, 0.15) is 59.6 Å². The van der Waals surface area contributed by atoms with Gasteiger partial charge in [0, 0.05) is 46.2 Å². The number of nitrogens with zero attached hydrogens (tertiary/aromatic N) is 4. The molecule has 1 N–H and O–H groups in total. The molecular weight excluding hydrogens is 483 g/mol. The van der Waals surface area contributed by atoms with E-state index in [4.69, 9.17) is 18.4 Å². The van der Waals surface area contributed by atoms with Gasteiger partial charge < -0.3 is 18.9 Å². The van der Waals surface area contributed by atoms with Crippen molar-refractivity contribution in [2.45, 2.75) is 52.1 Å². The summed E-state index contributed by atoms with van der Waals surface area (Å²) < 4.78 is 51.2. The average Bonchev–Trinajstić information content (AvgIpc) is 3.48. The Kier molecular flexibility index (Phi) is 5.21. The van der Waals surface area contributed by atoms with Gasteiger partial charge in [-0.1, -0.05) is 17.3 Å². The number of rotatable bonds is 5. The summed E-state index contributed by atoms with van der Waals surface area (Å²) in [6, 6.07) is 10.1. The second kappa shape index (κ2) is 9.29. The highest BCUT2D eigenvalue weighted by molar-refractivity contribution is 6.06. The quantitative estimate of drug-likeness (QED) is 0.297. The zero-order valence-corrected chi connectivity index (χ0v) is 21.5. The highest BCUT2D eigenvalue weighted by Gasteiger charge is 2.31. The molecule has 7 nitrogen and oxygen atoms in total. The number of halogens is 1. The van der Waals surface area contributed by atoms with Crippen LogP contribution in [-0.2, 0) is 10.3 Å². The van der Waals surface area contributed by atoms with Gasteiger partial charge in [-0.15, -0.1) is 0 Å². The second-order valence-electron chi connectivity index (χ2n) is 10.5. The summed E-state index contributed by atoms with van der Waals surface area (Å²) in [4.78, 5) is 9.37. The molecule has 1 aromatic carbocycles. The molecule has 1 aliphatic heterocycles. The lowest BCUT2D eigenvalue weighted by Crippen LogP contribution is -2.27. The van der Waals surface area contributed by atoms with E-state index in [9.17, 15) is 9.50 Å². The largest absolute Gasteiger partial charge is 0.384 e. The first-order chi connectivity index (χ1) is 19.4. The van der Waals surface area contributed by atoms with Crippen molar-refractivity contribution in [2.75, 3.05) is 13.2 Å². The molecule has 1 fully saturated rings. The van der Waals surface area contributed by atoms with Gasteiger partial charge in [-0.2, -0.15) is 0 Å². The van der Waals surface area contributed by atoms with Gasteiger partial charge in [-0.05, 0) is 76.2 Å². The average molecular weight is 518 g/mol. The molecule has 0 bridgehead atoms. The molecule has 8 heteroatoms. The maximum atomic E-state index is 14.1. The monoisotopic (exact) mass is 517 g/mol. The zero-order valence-electron chi connectivity index (χ0n) is 24.5. The van der Waals surface area contributed by atoms with Crippen LogP contribution in [0.25, 0.3) is 33.1 Å². The van der Waals surface area contributed by atoms with Crippen molar-refractivity contribution in [3.8, 4) is 11.1 Å². The molecule has 1 saturated heterocycles. The number of aliphatic hydroxyl groups is 1. The molecular formula is C30H31FN4O3. The first-order valence-corrected chi connectivity index (χ1v) is 12.8. The van der Waals surface area contributed by atoms with Crippen LogP contribution < -0.4 is 0 Å². The molecule has 0 spiro atoms. The summed E-state index contributed by atoms with van der Waals surface area (Å²) in [7, 11) is 0. The normalized spacial score (nSPS) is 17.4. The van der Waals surface area contributed by atoms with Crippen LogP contribution in [0.3, 0.4) is 0 Å². The van der Waals surface area contributed by atoms with Crippen LogP contribution in [0, 0.1) is 25.5 Å². The Morgan fingerprint density at radius 1 is 1.11 bits per heavy atom. The molecule has 4 aromatic heterocycles. The van der Waals surface area contributed by atoms with Gasteiger partial charge in [-0.25, -0.2) is 4.39 Å². The van der Waals surface area contributed by atoms with Crippen molar-refractivity contribution < 1.29 is 22.9 Å². The third kappa shape index (κ3) is 4.18. The minimum Gasteiger partial charge on any atom is -0.384 e. The first-order valence-electron chi connectivity index (χ1n) is 14.3. The van der Waals surface area contributed by atoms with E-state index in [1.54, 1.807) is 45.3 Å². The molecule has 6 rings (SSSR count). The van der Waals surface area contributed by atoms with Crippen LogP contribution in [0.2, 0.25) is 0 Å². The highest BCUT2D eigenvalue weighted by Crippen LogP contribution is 2.42. The number of aryl methyl sites for hydroxylation is 2. The predicted molar refractivity (Wildman–Crippen MR) is 143 cm³/mol. The molecule has 5 aromatic rings. The van der Waals surface area contributed by atoms with E-state index < -0.39 is 12.5 Å². The van der Waals surface area contributed by atoms with E-state index >= 15 is 0 Å². The van der Waals surface area contributed by atoms with Crippen molar-refractivity contribution in [3.63, 3.8) is 0 Å². The molecule has 0 amide bonds. The van der Waals surface area contributed by atoms with E-state index in [2.05, 4.69) is 14.7 Å². The smallest absolute Gasteiger partial charge is 0.141 e. The van der Waals surface area contributed by atoms with Gasteiger partial charge in [0.2, 0.25) is 0 Å². The van der Waals surface area contributed by atoms with Crippen molar-refractivity contribution >= 4 is 21.9 Å². The number of fused-ring (bicyclic) bond motifs is 3. The molecule has 0 unspecified atom stereocenters. The number of benzene rings is 1. The molecule has 38 heavy (non-hydrogen) atoms. The van der Waals surface area contributed by atoms with Crippen LogP contribution in [-0.4, -0.2) is 38.0 Å². The summed E-state index contributed by atoms with van der Waals surface area (Å²) in [5.41, 5.74) is 3.88. The lowest BCUT2D eigenvalue weighted by Gasteiger charge is -2.33. The van der Waals surface area contributed by atoms with Crippen LogP contribution >= 0.6 is 0 Å². The van der Waals surface area contributed by atoms with Crippen molar-refractivity contribution in [2.24, 2.45) is 5.92 Å². The van der Waals surface area contributed by atoms with E-state index in [-0.39, 0.29) is 23.5 Å². The Labute approximate surface area is 224 Å². The Morgan fingerprint density at radius 3 is 2.58 bits per heavy atom. The van der Waals surface area contributed by atoms with Gasteiger partial charge in [0.05, 0.1) is 34.0 Å². The summed E-state index contributed by atoms with van der Waals surface area (Å²) in [6.07, 6.45) is 4.95. The maximum absolute atomic E-state index is 14.1. The van der Waals surface area contributed by atoms with E-state index in [0.717, 1.165) is 34.8 Å². The first kappa shape index (κ1) is 21.3. The molecule has 0 aliphatic carbocycles. The van der Waals surface area contributed by atoms with Crippen LogP contribution in [0.5, 0.6) is 0 Å². The number of hydrogen-bond donors (Lipinski definition) is 1. The van der Waals surface area contributed by atoms with Gasteiger partial charge in [0.15, 0.2) is 0 Å². The van der Waals surface area contributed by atoms with Gasteiger partial charge >= 0.3 is 0 Å². The fourth-order valence-electron chi connectivity index (χ4n) is 5.60. The van der Waals surface area contributed by atoms with Crippen LogP contribution in [0.15, 0.2) is 53.3 Å². The lowest BCUT2D eigenvalue weighted by molar-refractivity contribution is 0.0552. The van der Waals surface area contributed by atoms with E-state index in [1.807, 2.05) is 12.1 Å². The van der Waals surface area contributed by atoms with Gasteiger partial charge in [-0.3, -0.25) is 9.97 Å². The lowest BCUT2D eigenvalue weighted by atomic mass is 9.86. The van der Waals surface area contributed by atoms with E-state index in [1.165, 1.54) is 12.1 Å². The van der Waals surface area contributed by atoms with E-state index in [0.29, 0.717) is 41.2 Å². The predicted octanol–water partition coefficient (Wildman–Crippen LogP) is 6.24. The number of pyridine rings is 2. The summed E-state index contributed by atoms with van der Waals surface area (Å²) in [5.74, 6) is -0.353. The summed E-state index contributed by atoms with van der Waals surface area (Å²) in [5, 5.41) is 15.6. The minimum absolute atomic E-state index is 0.158. The summed E-state index contributed by atoms with van der Waals surface area (Å²) in [6.45, 7) is 3.80. The summed E-state index contributed by atoms with van der Waals surface area (Å²) >= 11 is 0. The molecule has 1 atom stereocenters. The molecule has 5 heterocycles. The topological polar surface area (TPSA) is 86.2 Å². The minimum atomic E-state index is -2.50. The zero-order chi connectivity index (χ0) is 29.1. The van der Waals surface area contributed by atoms with Crippen molar-refractivity contribution in [3.05, 3.63) is 77.3 Å². The molecule has 0 saturated carbocycles. The third-order valence-electron chi connectivity index (χ3n) is 7.50. The number of ether oxygens (including phenoxy) is 1. The van der Waals surface area contributed by atoms with Gasteiger partial charge in [0.1, 0.15) is 17.2 Å².